The molecule has 3 heteroatoms. The molecule has 2 bridgehead atoms. The fourth-order valence-electron chi connectivity index (χ4n) is 1.77. The molecule has 2 heterocycles. The molecule has 56 valence electrons. The first kappa shape index (κ1) is 6.16. The first-order chi connectivity index (χ1) is 4.77. The van der Waals surface area contributed by atoms with Gasteiger partial charge in [0.15, 0.2) is 0 Å². The molecule has 3 fully saturated rings. The molecule has 3 rings (SSSR count). The van der Waals surface area contributed by atoms with E-state index in [4.69, 9.17) is 4.74 Å². The van der Waals surface area contributed by atoms with E-state index in [0.717, 1.165) is 12.8 Å². The minimum Gasteiger partial charge on any atom is -0.469 e. The van der Waals surface area contributed by atoms with Gasteiger partial charge in [0, 0.05) is 0 Å². The van der Waals surface area contributed by atoms with Crippen molar-refractivity contribution in [2.24, 2.45) is 5.41 Å². The third-order valence-electron chi connectivity index (χ3n) is 2.45. The van der Waals surface area contributed by atoms with Crippen LogP contribution in [-0.2, 0) is 14.3 Å². The van der Waals surface area contributed by atoms with E-state index >= 15 is 0 Å². The van der Waals surface area contributed by atoms with Crippen LogP contribution in [0.25, 0.3) is 0 Å². The minimum absolute atomic E-state index is 0.0961. The molecule has 0 atom stereocenters. The van der Waals surface area contributed by atoms with Crippen LogP contribution in [0.5, 0.6) is 0 Å². The molecule has 10 heavy (non-hydrogen) atoms. The number of hydrogen-bond donors (Lipinski definition) is 0. The molecule has 0 aromatic heterocycles. The largest absolute Gasteiger partial charge is 0.469 e. The first-order valence-electron chi connectivity index (χ1n) is 3.47. The lowest BCUT2D eigenvalue weighted by Gasteiger charge is -2.31. The van der Waals surface area contributed by atoms with E-state index in [1.54, 1.807) is 0 Å². The maximum absolute atomic E-state index is 11.1. The summed E-state index contributed by atoms with van der Waals surface area (Å²) in [6.07, 6.45) is 2.10. The zero-order valence-corrected chi connectivity index (χ0v) is 5.92. The van der Waals surface area contributed by atoms with Gasteiger partial charge < -0.3 is 9.47 Å². The number of methoxy groups -OCH3 is 1. The third kappa shape index (κ3) is 0.560. The number of esters is 1. The van der Waals surface area contributed by atoms with Crippen molar-refractivity contribution in [2.45, 2.75) is 18.9 Å². The van der Waals surface area contributed by atoms with E-state index in [1.807, 2.05) is 0 Å². The number of hydrogen-bond acceptors (Lipinski definition) is 3. The third-order valence-corrected chi connectivity index (χ3v) is 2.45. The second-order valence-electron chi connectivity index (χ2n) is 3.11. The standard InChI is InChI=1S/C7H10O3/c1-9-6(8)7-2-5(3-7)10-4-7/h5H,2-4H2,1H3. The molecule has 0 amide bonds. The second-order valence-corrected chi connectivity index (χ2v) is 3.11. The zero-order valence-electron chi connectivity index (χ0n) is 5.92. The minimum atomic E-state index is -0.237. The Morgan fingerprint density at radius 3 is 2.80 bits per heavy atom. The van der Waals surface area contributed by atoms with Crippen LogP contribution in [-0.4, -0.2) is 25.8 Å². The Kier molecular flexibility index (Phi) is 1.06. The molecule has 1 aliphatic carbocycles. The number of fused-ring (bicyclic) bond motifs is 1. The van der Waals surface area contributed by atoms with Crippen molar-refractivity contribution in [1.82, 2.24) is 0 Å². The molecule has 0 aromatic rings. The second kappa shape index (κ2) is 1.72. The van der Waals surface area contributed by atoms with Crippen molar-refractivity contribution < 1.29 is 14.3 Å². The molecular weight excluding hydrogens is 132 g/mol. The van der Waals surface area contributed by atoms with Gasteiger partial charge in [-0.1, -0.05) is 0 Å². The van der Waals surface area contributed by atoms with Gasteiger partial charge >= 0.3 is 5.97 Å². The normalized spacial score (nSPS) is 42.7. The van der Waals surface area contributed by atoms with Crippen LogP contribution < -0.4 is 0 Å². The summed E-state index contributed by atoms with van der Waals surface area (Å²) < 4.78 is 9.91. The summed E-state index contributed by atoms with van der Waals surface area (Å²) in [5.74, 6) is -0.0961. The van der Waals surface area contributed by atoms with Crippen LogP contribution in [0, 0.1) is 5.41 Å². The maximum atomic E-state index is 11.1. The van der Waals surface area contributed by atoms with Gasteiger partial charge in [0.1, 0.15) is 0 Å². The van der Waals surface area contributed by atoms with Crippen LogP contribution in [0.15, 0.2) is 0 Å². The van der Waals surface area contributed by atoms with Gasteiger partial charge in [0.2, 0.25) is 0 Å². The molecular formula is C7H10O3. The van der Waals surface area contributed by atoms with Crippen molar-refractivity contribution >= 4 is 5.97 Å². The summed E-state index contributed by atoms with van der Waals surface area (Å²) in [7, 11) is 1.43. The number of ether oxygens (including phenoxy) is 2. The summed E-state index contributed by atoms with van der Waals surface area (Å²) in [5, 5.41) is 0. The van der Waals surface area contributed by atoms with Crippen molar-refractivity contribution in [3.8, 4) is 0 Å². The topological polar surface area (TPSA) is 35.5 Å². The summed E-state index contributed by atoms with van der Waals surface area (Å²) in [6, 6.07) is 0. The molecule has 0 aromatic carbocycles. The molecule has 1 saturated carbocycles. The Balaban J connectivity index is 2.10. The molecule has 3 nitrogen and oxygen atoms in total. The predicted molar refractivity (Wildman–Crippen MR) is 33.4 cm³/mol. The van der Waals surface area contributed by atoms with Gasteiger partial charge in [0.25, 0.3) is 0 Å². The van der Waals surface area contributed by atoms with Gasteiger partial charge in [-0.3, -0.25) is 4.79 Å². The Hall–Kier alpha value is -0.570. The van der Waals surface area contributed by atoms with E-state index in [-0.39, 0.29) is 11.4 Å². The molecule has 3 aliphatic rings. The average Bonchev–Trinajstić information content (AvgIpc) is 2.41. The molecule has 0 spiro atoms. The highest BCUT2D eigenvalue weighted by Crippen LogP contribution is 2.50. The van der Waals surface area contributed by atoms with Gasteiger partial charge in [-0.25, -0.2) is 0 Å². The molecule has 0 radical (unpaired) electrons. The Labute approximate surface area is 59.3 Å². The summed E-state index contributed by atoms with van der Waals surface area (Å²) >= 11 is 0. The van der Waals surface area contributed by atoms with Crippen molar-refractivity contribution in [3.63, 3.8) is 0 Å². The molecule has 0 N–H and O–H groups in total. The van der Waals surface area contributed by atoms with Crippen molar-refractivity contribution in [3.05, 3.63) is 0 Å². The van der Waals surface area contributed by atoms with Gasteiger partial charge in [-0.2, -0.15) is 0 Å². The SMILES string of the molecule is COC(=O)C12COC(C1)C2. The van der Waals surface area contributed by atoms with E-state index in [2.05, 4.69) is 4.74 Å². The highest BCUT2D eigenvalue weighted by Gasteiger charge is 2.57. The van der Waals surface area contributed by atoms with Crippen LogP contribution in [0.4, 0.5) is 0 Å². The summed E-state index contributed by atoms with van der Waals surface area (Å²) in [6.45, 7) is 0.574. The molecule has 2 saturated heterocycles. The molecule has 0 unspecified atom stereocenters. The molecule has 2 aliphatic heterocycles. The summed E-state index contributed by atoms with van der Waals surface area (Å²) in [4.78, 5) is 11.1. The number of carbonyl (C=O) groups is 1. The lowest BCUT2D eigenvalue weighted by atomic mass is 9.70. The van der Waals surface area contributed by atoms with E-state index in [1.165, 1.54) is 7.11 Å². The van der Waals surface area contributed by atoms with Crippen LogP contribution in [0.2, 0.25) is 0 Å². The summed E-state index contributed by atoms with van der Waals surface area (Å²) in [5.41, 5.74) is -0.237. The van der Waals surface area contributed by atoms with Crippen molar-refractivity contribution in [1.29, 1.82) is 0 Å². The van der Waals surface area contributed by atoms with Gasteiger partial charge in [-0.15, -0.1) is 0 Å². The first-order valence-corrected chi connectivity index (χ1v) is 3.47. The number of rotatable bonds is 1. The van der Waals surface area contributed by atoms with Crippen LogP contribution >= 0.6 is 0 Å². The lowest BCUT2D eigenvalue weighted by molar-refractivity contribution is -0.154. The van der Waals surface area contributed by atoms with Crippen molar-refractivity contribution in [2.75, 3.05) is 13.7 Å². The highest BCUT2D eigenvalue weighted by molar-refractivity contribution is 5.79. The fraction of sp³-hybridized carbons (Fsp3) is 0.857. The monoisotopic (exact) mass is 142 g/mol. The van der Waals surface area contributed by atoms with Crippen LogP contribution in [0.3, 0.4) is 0 Å². The van der Waals surface area contributed by atoms with Crippen LogP contribution in [0.1, 0.15) is 12.8 Å². The van der Waals surface area contributed by atoms with E-state index in [0.29, 0.717) is 12.7 Å². The number of carbonyl (C=O) groups excluding carboxylic acids is 1. The quantitative estimate of drug-likeness (QED) is 0.495. The maximum Gasteiger partial charge on any atom is 0.314 e. The Morgan fingerprint density at radius 2 is 2.40 bits per heavy atom. The Morgan fingerprint density at radius 1 is 1.70 bits per heavy atom. The van der Waals surface area contributed by atoms with E-state index < -0.39 is 0 Å². The highest BCUT2D eigenvalue weighted by atomic mass is 16.5. The lowest BCUT2D eigenvalue weighted by Crippen LogP contribution is -2.41. The Bertz CT molecular complexity index is 164. The predicted octanol–water partition coefficient (Wildman–Crippen LogP) is 0.338. The average molecular weight is 142 g/mol. The smallest absolute Gasteiger partial charge is 0.314 e. The van der Waals surface area contributed by atoms with Gasteiger partial charge in [0.05, 0.1) is 25.2 Å². The van der Waals surface area contributed by atoms with E-state index in [9.17, 15) is 4.79 Å². The van der Waals surface area contributed by atoms with Gasteiger partial charge in [-0.05, 0) is 12.8 Å². The zero-order chi connectivity index (χ0) is 7.19. The fourth-order valence-corrected chi connectivity index (χ4v) is 1.77.